The molecular weight excluding hydrogens is 216 g/mol. The molecular formula is C12H16N4O. The molecule has 1 saturated carbocycles. The first kappa shape index (κ1) is 10.4. The predicted molar refractivity (Wildman–Crippen MR) is 67.0 cm³/mol. The summed E-state index contributed by atoms with van der Waals surface area (Å²) in [5.74, 6) is 7.09. The minimum atomic E-state index is 0.527. The van der Waals surface area contributed by atoms with Crippen LogP contribution in [-0.2, 0) is 0 Å². The number of benzene rings is 1. The largest absolute Gasteiger partial charge is 0.497 e. The van der Waals surface area contributed by atoms with Gasteiger partial charge in [-0.1, -0.05) is 0 Å². The second-order valence-corrected chi connectivity index (χ2v) is 4.39. The lowest BCUT2D eigenvalue weighted by molar-refractivity contribution is 0.323. The SMILES string of the molecule is COc1ccc2c(c1)nc(NN)n2C1CCC1. The van der Waals surface area contributed by atoms with E-state index in [2.05, 4.69) is 15.0 Å². The van der Waals surface area contributed by atoms with Gasteiger partial charge < -0.3 is 9.30 Å². The Bertz CT molecular complexity index is 545. The van der Waals surface area contributed by atoms with E-state index in [0.29, 0.717) is 6.04 Å². The topological polar surface area (TPSA) is 65.1 Å². The first-order valence-electron chi connectivity index (χ1n) is 5.86. The molecule has 0 spiro atoms. The molecule has 2 aromatic rings. The van der Waals surface area contributed by atoms with Gasteiger partial charge in [0.15, 0.2) is 0 Å². The van der Waals surface area contributed by atoms with E-state index in [1.165, 1.54) is 19.3 Å². The van der Waals surface area contributed by atoms with E-state index in [4.69, 9.17) is 10.6 Å². The number of fused-ring (bicyclic) bond motifs is 1. The van der Waals surface area contributed by atoms with Crippen LogP contribution in [0.3, 0.4) is 0 Å². The Labute approximate surface area is 99.5 Å². The number of methoxy groups -OCH3 is 1. The number of nitrogens with zero attached hydrogens (tertiary/aromatic N) is 2. The van der Waals surface area contributed by atoms with Gasteiger partial charge in [-0.05, 0) is 31.4 Å². The number of nitrogens with two attached hydrogens (primary N) is 1. The summed E-state index contributed by atoms with van der Waals surface area (Å²) < 4.78 is 7.40. The quantitative estimate of drug-likeness (QED) is 0.628. The number of nitrogens with one attached hydrogen (secondary N) is 1. The maximum atomic E-state index is 5.54. The lowest BCUT2D eigenvalue weighted by Gasteiger charge is -2.28. The summed E-state index contributed by atoms with van der Waals surface area (Å²) in [5.41, 5.74) is 4.72. The van der Waals surface area contributed by atoms with E-state index in [1.54, 1.807) is 7.11 Å². The van der Waals surface area contributed by atoms with Crippen molar-refractivity contribution in [1.29, 1.82) is 0 Å². The first-order chi connectivity index (χ1) is 8.33. The summed E-state index contributed by atoms with van der Waals surface area (Å²) >= 11 is 0. The first-order valence-corrected chi connectivity index (χ1v) is 5.86. The van der Waals surface area contributed by atoms with E-state index in [-0.39, 0.29) is 0 Å². The van der Waals surface area contributed by atoms with Crippen molar-refractivity contribution >= 4 is 17.0 Å². The minimum Gasteiger partial charge on any atom is -0.497 e. The smallest absolute Gasteiger partial charge is 0.218 e. The molecule has 0 atom stereocenters. The second kappa shape index (κ2) is 3.92. The highest BCUT2D eigenvalue weighted by Gasteiger charge is 2.24. The molecule has 1 aliphatic carbocycles. The summed E-state index contributed by atoms with van der Waals surface area (Å²) in [5, 5.41) is 0. The van der Waals surface area contributed by atoms with Gasteiger partial charge >= 0.3 is 0 Å². The van der Waals surface area contributed by atoms with Gasteiger partial charge in [-0.3, -0.25) is 5.43 Å². The Morgan fingerprint density at radius 3 is 2.88 bits per heavy atom. The average Bonchev–Trinajstić information content (AvgIpc) is 2.65. The molecule has 0 saturated heterocycles. The molecule has 0 unspecified atom stereocenters. The average molecular weight is 232 g/mol. The van der Waals surface area contributed by atoms with E-state index < -0.39 is 0 Å². The fourth-order valence-corrected chi connectivity index (χ4v) is 2.32. The van der Waals surface area contributed by atoms with Crippen LogP contribution in [0.1, 0.15) is 25.3 Å². The van der Waals surface area contributed by atoms with Crippen LogP contribution in [0.5, 0.6) is 5.75 Å². The van der Waals surface area contributed by atoms with Crippen LogP contribution in [0.25, 0.3) is 11.0 Å². The number of hydrogen-bond acceptors (Lipinski definition) is 4. The van der Waals surface area contributed by atoms with Crippen molar-refractivity contribution in [3.8, 4) is 5.75 Å². The summed E-state index contributed by atoms with van der Waals surface area (Å²) in [6.07, 6.45) is 3.68. The van der Waals surface area contributed by atoms with Gasteiger partial charge in [-0.2, -0.15) is 0 Å². The van der Waals surface area contributed by atoms with Crippen LogP contribution in [0.2, 0.25) is 0 Å². The monoisotopic (exact) mass is 232 g/mol. The summed E-state index contributed by atoms with van der Waals surface area (Å²) in [6, 6.07) is 6.46. The number of hydrogen-bond donors (Lipinski definition) is 2. The van der Waals surface area contributed by atoms with Gasteiger partial charge in [0.05, 0.1) is 18.1 Å². The number of imidazole rings is 1. The maximum absolute atomic E-state index is 5.54. The van der Waals surface area contributed by atoms with Crippen molar-refractivity contribution in [1.82, 2.24) is 9.55 Å². The zero-order valence-corrected chi connectivity index (χ0v) is 9.81. The van der Waals surface area contributed by atoms with Gasteiger partial charge in [0.2, 0.25) is 5.95 Å². The fourth-order valence-electron chi connectivity index (χ4n) is 2.32. The lowest BCUT2D eigenvalue weighted by Crippen LogP contribution is -2.21. The van der Waals surface area contributed by atoms with Crippen molar-refractivity contribution in [2.24, 2.45) is 5.84 Å². The molecule has 0 radical (unpaired) electrons. The highest BCUT2D eigenvalue weighted by Crippen LogP contribution is 2.37. The minimum absolute atomic E-state index is 0.527. The number of nitrogen functional groups attached to an aromatic ring is 1. The Morgan fingerprint density at radius 1 is 1.47 bits per heavy atom. The Morgan fingerprint density at radius 2 is 2.29 bits per heavy atom. The molecule has 3 rings (SSSR count). The van der Waals surface area contributed by atoms with Crippen LogP contribution >= 0.6 is 0 Å². The fraction of sp³-hybridized carbons (Fsp3) is 0.417. The van der Waals surface area contributed by atoms with Crippen molar-refractivity contribution < 1.29 is 4.74 Å². The number of aromatic nitrogens is 2. The third kappa shape index (κ3) is 1.54. The van der Waals surface area contributed by atoms with Crippen molar-refractivity contribution in [2.45, 2.75) is 25.3 Å². The summed E-state index contributed by atoms with van der Waals surface area (Å²) in [7, 11) is 1.66. The molecule has 0 aliphatic heterocycles. The Kier molecular flexibility index (Phi) is 2.40. The van der Waals surface area contributed by atoms with Gasteiger partial charge in [0.1, 0.15) is 5.75 Å². The van der Waals surface area contributed by atoms with E-state index in [9.17, 15) is 0 Å². The van der Waals surface area contributed by atoms with Crippen molar-refractivity contribution in [3.63, 3.8) is 0 Å². The van der Waals surface area contributed by atoms with E-state index >= 15 is 0 Å². The summed E-state index contributed by atoms with van der Waals surface area (Å²) in [6.45, 7) is 0. The zero-order valence-electron chi connectivity index (χ0n) is 9.81. The molecule has 1 heterocycles. The van der Waals surface area contributed by atoms with Crippen LogP contribution in [0.4, 0.5) is 5.95 Å². The van der Waals surface area contributed by atoms with Gasteiger partial charge in [-0.15, -0.1) is 0 Å². The molecule has 1 aromatic heterocycles. The van der Waals surface area contributed by atoms with Gasteiger partial charge in [0.25, 0.3) is 0 Å². The third-order valence-corrected chi connectivity index (χ3v) is 3.47. The Hall–Kier alpha value is -1.75. The predicted octanol–water partition coefficient (Wildman–Crippen LogP) is 2.06. The normalized spacial score (nSPS) is 15.9. The van der Waals surface area contributed by atoms with E-state index in [0.717, 1.165) is 22.7 Å². The number of hydrazine groups is 1. The van der Waals surface area contributed by atoms with Gasteiger partial charge in [0, 0.05) is 12.1 Å². The maximum Gasteiger partial charge on any atom is 0.218 e. The van der Waals surface area contributed by atoms with Crippen molar-refractivity contribution in [2.75, 3.05) is 12.5 Å². The molecule has 1 aliphatic rings. The standard InChI is InChI=1S/C12H16N4O/c1-17-9-5-6-11-10(7-9)14-12(15-13)16(11)8-3-2-4-8/h5-8H,2-4,13H2,1H3,(H,14,15). The molecule has 0 bridgehead atoms. The molecule has 1 fully saturated rings. The van der Waals surface area contributed by atoms with Crippen LogP contribution in [0, 0.1) is 0 Å². The molecule has 5 heteroatoms. The lowest BCUT2D eigenvalue weighted by atomic mass is 9.93. The van der Waals surface area contributed by atoms with Gasteiger partial charge in [-0.25, -0.2) is 10.8 Å². The van der Waals surface area contributed by atoms with Crippen LogP contribution in [0.15, 0.2) is 18.2 Å². The molecule has 17 heavy (non-hydrogen) atoms. The summed E-state index contributed by atoms with van der Waals surface area (Å²) in [4.78, 5) is 4.49. The molecule has 1 aromatic carbocycles. The second-order valence-electron chi connectivity index (χ2n) is 4.39. The highest BCUT2D eigenvalue weighted by atomic mass is 16.5. The number of rotatable bonds is 3. The zero-order chi connectivity index (χ0) is 11.8. The highest BCUT2D eigenvalue weighted by molar-refractivity contribution is 5.80. The van der Waals surface area contributed by atoms with Crippen LogP contribution < -0.4 is 16.0 Å². The molecule has 90 valence electrons. The molecule has 0 amide bonds. The van der Waals surface area contributed by atoms with E-state index in [1.807, 2.05) is 18.2 Å². The molecule has 3 N–H and O–H groups in total. The Balaban J connectivity index is 2.16. The molecule has 5 nitrogen and oxygen atoms in total. The van der Waals surface area contributed by atoms with Crippen LogP contribution in [-0.4, -0.2) is 16.7 Å². The third-order valence-electron chi connectivity index (χ3n) is 3.47. The number of ether oxygens (including phenoxy) is 1. The van der Waals surface area contributed by atoms with Crippen molar-refractivity contribution in [3.05, 3.63) is 18.2 Å². The number of anilines is 1.